The van der Waals surface area contributed by atoms with Gasteiger partial charge in [-0.15, -0.1) is 0 Å². The molecule has 2 fully saturated rings. The molecule has 2 aliphatic rings. The third-order valence-corrected chi connectivity index (χ3v) is 3.33. The van der Waals surface area contributed by atoms with Gasteiger partial charge < -0.3 is 4.74 Å². The fraction of sp³-hybridized carbons (Fsp3) is 0.750. The molecule has 0 spiro atoms. The van der Waals surface area contributed by atoms with E-state index in [1.807, 2.05) is 0 Å². The van der Waals surface area contributed by atoms with Crippen LogP contribution in [0.25, 0.3) is 0 Å². The summed E-state index contributed by atoms with van der Waals surface area (Å²) in [5, 5.41) is 0. The molecule has 3 unspecified atom stereocenters. The number of epoxide rings is 1. The Morgan fingerprint density at radius 2 is 2.20 bits per heavy atom. The lowest BCUT2D eigenvalue weighted by molar-refractivity contribution is 0.370. The second kappa shape index (κ2) is 2.48. The van der Waals surface area contributed by atoms with Crippen molar-refractivity contribution >= 4 is 22.6 Å². The van der Waals surface area contributed by atoms with Gasteiger partial charge in [0.25, 0.3) is 0 Å². The smallest absolute Gasteiger partial charge is 0.0847 e. The fourth-order valence-electron chi connectivity index (χ4n) is 1.69. The van der Waals surface area contributed by atoms with Gasteiger partial charge in [-0.1, -0.05) is 6.58 Å². The summed E-state index contributed by atoms with van der Waals surface area (Å²) in [6.07, 6.45) is 5.02. The molecular formula is C8H11IO. The number of ether oxygens (including phenoxy) is 1. The Bertz CT molecular complexity index is 167. The first-order valence-electron chi connectivity index (χ1n) is 3.77. The summed E-state index contributed by atoms with van der Waals surface area (Å²) in [5.41, 5.74) is 0. The van der Waals surface area contributed by atoms with Crippen LogP contribution in [0.3, 0.4) is 0 Å². The molecule has 1 nitrogen and oxygen atoms in total. The van der Waals surface area contributed by atoms with E-state index in [1.54, 1.807) is 0 Å². The van der Waals surface area contributed by atoms with Crippen LogP contribution in [-0.2, 0) is 4.74 Å². The van der Waals surface area contributed by atoms with Crippen LogP contribution in [0.4, 0.5) is 0 Å². The lowest BCUT2D eigenvalue weighted by atomic mass is 9.90. The zero-order chi connectivity index (χ0) is 7.14. The zero-order valence-electron chi connectivity index (χ0n) is 5.85. The summed E-state index contributed by atoms with van der Waals surface area (Å²) < 4.78 is 6.73. The Kier molecular flexibility index (Phi) is 1.76. The molecule has 2 rings (SSSR count). The van der Waals surface area contributed by atoms with E-state index in [1.165, 1.54) is 22.8 Å². The van der Waals surface area contributed by atoms with Gasteiger partial charge in [-0.2, -0.15) is 0 Å². The van der Waals surface area contributed by atoms with Crippen LogP contribution < -0.4 is 0 Å². The predicted molar refractivity (Wildman–Crippen MR) is 49.2 cm³/mol. The van der Waals surface area contributed by atoms with Crippen LogP contribution in [-0.4, -0.2) is 12.2 Å². The van der Waals surface area contributed by atoms with Crippen LogP contribution in [0, 0.1) is 5.92 Å². The van der Waals surface area contributed by atoms with Gasteiger partial charge in [0.05, 0.1) is 12.2 Å². The quantitative estimate of drug-likeness (QED) is 0.514. The molecule has 3 atom stereocenters. The van der Waals surface area contributed by atoms with Crippen molar-refractivity contribution in [3.63, 3.8) is 0 Å². The molecule has 56 valence electrons. The van der Waals surface area contributed by atoms with Crippen LogP contribution in [0.5, 0.6) is 0 Å². The molecule has 1 saturated heterocycles. The molecule has 0 amide bonds. The molecule has 0 N–H and O–H groups in total. The van der Waals surface area contributed by atoms with E-state index in [9.17, 15) is 0 Å². The number of fused-ring (bicyclic) bond motifs is 1. The monoisotopic (exact) mass is 250 g/mol. The third-order valence-electron chi connectivity index (χ3n) is 2.45. The maximum Gasteiger partial charge on any atom is 0.0847 e. The molecule has 0 aromatic carbocycles. The summed E-state index contributed by atoms with van der Waals surface area (Å²) in [7, 11) is 0. The van der Waals surface area contributed by atoms with Gasteiger partial charge >= 0.3 is 0 Å². The highest BCUT2D eigenvalue weighted by molar-refractivity contribution is 14.1. The molecule has 10 heavy (non-hydrogen) atoms. The van der Waals surface area contributed by atoms with Crippen molar-refractivity contribution in [3.8, 4) is 0 Å². The van der Waals surface area contributed by atoms with E-state index in [0.29, 0.717) is 12.2 Å². The lowest BCUT2D eigenvalue weighted by Gasteiger charge is -2.16. The first kappa shape index (κ1) is 7.10. The van der Waals surface area contributed by atoms with E-state index in [2.05, 4.69) is 29.2 Å². The number of hydrogen-bond donors (Lipinski definition) is 0. The summed E-state index contributed by atoms with van der Waals surface area (Å²) in [6.45, 7) is 3.96. The standard InChI is InChI=1S/C8H11IO/c1-5(9)6-2-3-7-8(4-6)10-7/h6-8H,1-4H2. The minimum Gasteiger partial charge on any atom is -0.370 e. The largest absolute Gasteiger partial charge is 0.370 e. The minimum atomic E-state index is 0.602. The number of rotatable bonds is 1. The molecule has 0 aromatic rings. The first-order chi connectivity index (χ1) is 4.77. The number of allylic oxidation sites excluding steroid dienone is 1. The summed E-state index contributed by atoms with van der Waals surface area (Å²) in [6, 6.07) is 0. The second-order valence-electron chi connectivity index (χ2n) is 3.17. The SMILES string of the molecule is C=C(I)C1CCC2OC2C1. The summed E-state index contributed by atoms with van der Waals surface area (Å²) >= 11 is 2.34. The van der Waals surface area contributed by atoms with E-state index >= 15 is 0 Å². The highest BCUT2D eigenvalue weighted by atomic mass is 127. The van der Waals surface area contributed by atoms with E-state index in [4.69, 9.17) is 4.74 Å². The maximum absolute atomic E-state index is 5.41. The maximum atomic E-state index is 5.41. The summed E-state index contributed by atoms with van der Waals surface area (Å²) in [5.74, 6) is 0.740. The van der Waals surface area contributed by atoms with Crippen molar-refractivity contribution in [2.45, 2.75) is 31.5 Å². The van der Waals surface area contributed by atoms with Crippen molar-refractivity contribution in [2.24, 2.45) is 5.92 Å². The van der Waals surface area contributed by atoms with Crippen LogP contribution >= 0.6 is 22.6 Å². The van der Waals surface area contributed by atoms with E-state index in [-0.39, 0.29) is 0 Å². The first-order valence-corrected chi connectivity index (χ1v) is 4.85. The van der Waals surface area contributed by atoms with Gasteiger partial charge in [-0.3, -0.25) is 0 Å². The molecule has 0 aromatic heterocycles. The molecule has 1 aliphatic carbocycles. The number of halogens is 1. The Morgan fingerprint density at radius 1 is 1.40 bits per heavy atom. The average Bonchev–Trinajstić information content (AvgIpc) is 2.63. The lowest BCUT2D eigenvalue weighted by Crippen LogP contribution is -2.12. The highest BCUT2D eigenvalue weighted by Crippen LogP contribution is 2.42. The molecule has 0 bridgehead atoms. The molecule has 1 aliphatic heterocycles. The average molecular weight is 250 g/mol. The Balaban J connectivity index is 1.94. The van der Waals surface area contributed by atoms with Crippen molar-refractivity contribution in [1.82, 2.24) is 0 Å². The zero-order valence-corrected chi connectivity index (χ0v) is 8.00. The Hall–Kier alpha value is 0.430. The van der Waals surface area contributed by atoms with Gasteiger partial charge in [0, 0.05) is 0 Å². The van der Waals surface area contributed by atoms with E-state index in [0.717, 1.165) is 5.92 Å². The molecular weight excluding hydrogens is 239 g/mol. The predicted octanol–water partition coefficient (Wildman–Crippen LogP) is 2.50. The normalized spacial score (nSPS) is 44.3. The Labute approximate surface area is 75.0 Å². The van der Waals surface area contributed by atoms with Crippen LogP contribution in [0.2, 0.25) is 0 Å². The van der Waals surface area contributed by atoms with Crippen LogP contribution in [0.1, 0.15) is 19.3 Å². The molecule has 2 heteroatoms. The topological polar surface area (TPSA) is 12.5 Å². The number of hydrogen-bond acceptors (Lipinski definition) is 1. The van der Waals surface area contributed by atoms with Crippen molar-refractivity contribution in [2.75, 3.05) is 0 Å². The molecule has 1 heterocycles. The van der Waals surface area contributed by atoms with Crippen LogP contribution in [0.15, 0.2) is 10.2 Å². The van der Waals surface area contributed by atoms with Crippen molar-refractivity contribution in [1.29, 1.82) is 0 Å². The van der Waals surface area contributed by atoms with Gasteiger partial charge in [-0.25, -0.2) is 0 Å². The van der Waals surface area contributed by atoms with E-state index < -0.39 is 0 Å². The Morgan fingerprint density at radius 3 is 2.80 bits per heavy atom. The van der Waals surface area contributed by atoms with Gasteiger partial charge in [0.2, 0.25) is 0 Å². The van der Waals surface area contributed by atoms with Crippen molar-refractivity contribution in [3.05, 3.63) is 10.2 Å². The second-order valence-corrected chi connectivity index (χ2v) is 4.56. The fourth-order valence-corrected chi connectivity index (χ4v) is 2.25. The molecule has 1 saturated carbocycles. The van der Waals surface area contributed by atoms with Crippen molar-refractivity contribution < 1.29 is 4.74 Å². The van der Waals surface area contributed by atoms with Gasteiger partial charge in [-0.05, 0) is 51.4 Å². The minimum absolute atomic E-state index is 0.602. The van der Waals surface area contributed by atoms with Gasteiger partial charge in [0.15, 0.2) is 0 Å². The third kappa shape index (κ3) is 1.23. The van der Waals surface area contributed by atoms with Gasteiger partial charge in [0.1, 0.15) is 0 Å². The molecule has 0 radical (unpaired) electrons. The highest BCUT2D eigenvalue weighted by Gasteiger charge is 2.43. The summed E-state index contributed by atoms with van der Waals surface area (Å²) in [4.78, 5) is 0.